The Hall–Kier alpha value is -3.42. The Morgan fingerprint density at radius 1 is 1.03 bits per heavy atom. The topological polar surface area (TPSA) is 80.4 Å². The molecule has 156 valence electrons. The van der Waals surface area contributed by atoms with Crippen LogP contribution in [0.1, 0.15) is 28.9 Å². The van der Waals surface area contributed by atoms with Gasteiger partial charge in [-0.2, -0.15) is 0 Å². The lowest BCUT2D eigenvalue weighted by molar-refractivity contribution is 0.0780. The third-order valence-electron chi connectivity index (χ3n) is 5.71. The first-order valence-electron chi connectivity index (χ1n) is 10.0. The van der Waals surface area contributed by atoms with Crippen molar-refractivity contribution in [1.29, 1.82) is 0 Å². The number of fused-ring (bicyclic) bond motifs is 1. The number of rotatable bonds is 4. The van der Waals surface area contributed by atoms with E-state index in [2.05, 4.69) is 16.0 Å². The van der Waals surface area contributed by atoms with Crippen LogP contribution in [0.2, 0.25) is 0 Å². The highest BCUT2D eigenvalue weighted by molar-refractivity contribution is 5.94. The quantitative estimate of drug-likeness (QED) is 0.655. The van der Waals surface area contributed by atoms with E-state index in [1.54, 1.807) is 31.1 Å². The van der Waals surface area contributed by atoms with Crippen LogP contribution in [0.3, 0.4) is 0 Å². The van der Waals surface area contributed by atoms with Gasteiger partial charge in [-0.1, -0.05) is 18.2 Å². The summed E-state index contributed by atoms with van der Waals surface area (Å²) in [5.41, 5.74) is 1.75. The summed E-state index contributed by atoms with van der Waals surface area (Å²) >= 11 is 0. The van der Waals surface area contributed by atoms with E-state index in [0.717, 1.165) is 28.9 Å². The van der Waals surface area contributed by atoms with Crippen molar-refractivity contribution < 1.29 is 4.79 Å². The predicted molar refractivity (Wildman–Crippen MR) is 116 cm³/mol. The molecular formula is C22H25N5O3. The van der Waals surface area contributed by atoms with Crippen molar-refractivity contribution in [2.75, 3.05) is 25.0 Å². The van der Waals surface area contributed by atoms with Gasteiger partial charge in [-0.3, -0.25) is 18.7 Å². The number of amides is 1. The molecule has 30 heavy (non-hydrogen) atoms. The number of benzene rings is 1. The maximum absolute atomic E-state index is 13.1. The molecule has 3 aromatic rings. The number of aromatic nitrogens is 3. The lowest BCUT2D eigenvalue weighted by Gasteiger charge is -2.24. The molecule has 1 aliphatic heterocycles. The summed E-state index contributed by atoms with van der Waals surface area (Å²) < 4.78 is 2.32. The van der Waals surface area contributed by atoms with Gasteiger partial charge in [0.25, 0.3) is 11.5 Å². The van der Waals surface area contributed by atoms with Gasteiger partial charge in [0.15, 0.2) is 0 Å². The number of hydrogen-bond donors (Lipinski definition) is 0. The molecule has 2 aromatic heterocycles. The van der Waals surface area contributed by atoms with Crippen LogP contribution in [0.25, 0.3) is 11.0 Å². The molecule has 0 saturated carbocycles. The van der Waals surface area contributed by atoms with E-state index >= 15 is 0 Å². The van der Waals surface area contributed by atoms with Gasteiger partial charge in [-0.25, -0.2) is 9.78 Å². The fourth-order valence-electron chi connectivity index (χ4n) is 4.01. The van der Waals surface area contributed by atoms with Crippen molar-refractivity contribution in [2.45, 2.75) is 19.4 Å². The maximum Gasteiger partial charge on any atom is 0.332 e. The van der Waals surface area contributed by atoms with Crippen LogP contribution in [-0.2, 0) is 20.6 Å². The van der Waals surface area contributed by atoms with Crippen LogP contribution >= 0.6 is 0 Å². The number of carbonyl (C=O) groups is 1. The molecule has 3 heterocycles. The summed E-state index contributed by atoms with van der Waals surface area (Å²) in [5, 5.41) is 0.304. The highest BCUT2D eigenvalue weighted by Gasteiger charge is 2.20. The molecule has 0 atom stereocenters. The number of anilines is 1. The minimum absolute atomic E-state index is 0.201. The normalized spacial score (nSPS) is 13.8. The van der Waals surface area contributed by atoms with Crippen LogP contribution in [0.5, 0.6) is 0 Å². The molecule has 0 unspecified atom stereocenters. The molecule has 1 aliphatic rings. The van der Waals surface area contributed by atoms with Crippen molar-refractivity contribution in [1.82, 2.24) is 19.0 Å². The fraction of sp³-hybridized carbons (Fsp3) is 0.364. The molecule has 8 nitrogen and oxygen atoms in total. The van der Waals surface area contributed by atoms with Crippen molar-refractivity contribution in [2.24, 2.45) is 14.1 Å². The molecule has 1 fully saturated rings. The third kappa shape index (κ3) is 3.38. The van der Waals surface area contributed by atoms with E-state index in [1.165, 1.54) is 24.5 Å². The van der Waals surface area contributed by atoms with Gasteiger partial charge < -0.3 is 9.80 Å². The zero-order valence-corrected chi connectivity index (χ0v) is 17.5. The van der Waals surface area contributed by atoms with Gasteiger partial charge in [0.2, 0.25) is 0 Å². The SMILES string of the molecule is CN(Cc1ccccc1N1CCCC1)C(=O)c1ccc2c(=O)n(C)c(=O)n(C)c2n1. The monoisotopic (exact) mass is 407 g/mol. The number of hydrogen-bond acceptors (Lipinski definition) is 5. The molecule has 8 heteroatoms. The second-order valence-corrected chi connectivity index (χ2v) is 7.76. The Balaban J connectivity index is 1.65. The summed E-state index contributed by atoms with van der Waals surface area (Å²) in [6.07, 6.45) is 2.37. The van der Waals surface area contributed by atoms with E-state index in [0.29, 0.717) is 11.9 Å². The number of carbonyl (C=O) groups excluding carboxylic acids is 1. The Labute approximate surface area is 174 Å². The zero-order chi connectivity index (χ0) is 21.4. The maximum atomic E-state index is 13.1. The molecule has 0 bridgehead atoms. The Morgan fingerprint density at radius 2 is 1.73 bits per heavy atom. The van der Waals surface area contributed by atoms with Crippen LogP contribution in [0.4, 0.5) is 5.69 Å². The van der Waals surface area contributed by atoms with Gasteiger partial charge in [-0.05, 0) is 36.6 Å². The molecule has 0 aliphatic carbocycles. The van der Waals surface area contributed by atoms with E-state index < -0.39 is 11.2 Å². The largest absolute Gasteiger partial charge is 0.371 e. The molecule has 1 amide bonds. The lowest BCUT2D eigenvalue weighted by atomic mass is 10.1. The average Bonchev–Trinajstić information content (AvgIpc) is 3.30. The van der Waals surface area contributed by atoms with Crippen molar-refractivity contribution in [3.8, 4) is 0 Å². The minimum atomic E-state index is -0.475. The molecule has 0 radical (unpaired) electrons. The smallest absolute Gasteiger partial charge is 0.332 e. The number of para-hydroxylation sites is 1. The van der Waals surface area contributed by atoms with E-state index in [-0.39, 0.29) is 17.2 Å². The molecule has 1 saturated heterocycles. The fourth-order valence-corrected chi connectivity index (χ4v) is 4.01. The summed E-state index contributed by atoms with van der Waals surface area (Å²) in [7, 11) is 4.70. The van der Waals surface area contributed by atoms with Gasteiger partial charge in [0.1, 0.15) is 11.3 Å². The molecular weight excluding hydrogens is 382 g/mol. The summed E-state index contributed by atoms with van der Waals surface area (Å²) in [4.78, 5) is 45.9. The van der Waals surface area contributed by atoms with Crippen LogP contribution in [0.15, 0.2) is 46.0 Å². The first-order chi connectivity index (χ1) is 14.4. The Kier molecular flexibility index (Phi) is 5.15. The molecule has 1 aromatic carbocycles. The molecule has 0 spiro atoms. The summed E-state index contributed by atoms with van der Waals surface area (Å²) in [6, 6.07) is 11.2. The van der Waals surface area contributed by atoms with Crippen LogP contribution in [-0.4, -0.2) is 45.1 Å². The van der Waals surface area contributed by atoms with Gasteiger partial charge >= 0.3 is 5.69 Å². The molecule has 0 N–H and O–H groups in total. The number of pyridine rings is 1. The standard InChI is InChI=1S/C22H25N5O3/c1-24(14-15-8-4-5-9-18(15)27-12-6-7-13-27)21(29)17-11-10-16-19(23-17)25(2)22(30)26(3)20(16)28/h4-5,8-11H,6-7,12-14H2,1-3H3. The van der Waals surface area contributed by atoms with Gasteiger partial charge in [-0.15, -0.1) is 0 Å². The van der Waals surface area contributed by atoms with Crippen molar-refractivity contribution in [3.05, 3.63) is 68.5 Å². The van der Waals surface area contributed by atoms with Crippen LogP contribution < -0.4 is 16.1 Å². The number of aryl methyl sites for hydroxylation is 1. The van der Waals surface area contributed by atoms with E-state index in [1.807, 2.05) is 18.2 Å². The summed E-state index contributed by atoms with van der Waals surface area (Å²) in [5.74, 6) is -0.263. The average molecular weight is 407 g/mol. The first-order valence-corrected chi connectivity index (χ1v) is 10.0. The van der Waals surface area contributed by atoms with Gasteiger partial charge in [0.05, 0.1) is 5.39 Å². The Bertz CT molecular complexity index is 1240. The minimum Gasteiger partial charge on any atom is -0.371 e. The first kappa shape index (κ1) is 19.9. The van der Waals surface area contributed by atoms with Gasteiger partial charge in [0, 0.05) is 46.5 Å². The second kappa shape index (κ2) is 7.78. The summed E-state index contributed by atoms with van der Waals surface area (Å²) in [6.45, 7) is 2.51. The number of nitrogens with zero attached hydrogens (tertiary/aromatic N) is 5. The highest BCUT2D eigenvalue weighted by atomic mass is 16.2. The third-order valence-corrected chi connectivity index (χ3v) is 5.71. The zero-order valence-electron chi connectivity index (χ0n) is 17.5. The highest BCUT2D eigenvalue weighted by Crippen LogP contribution is 2.25. The Morgan fingerprint density at radius 3 is 2.47 bits per heavy atom. The predicted octanol–water partition coefficient (Wildman–Crippen LogP) is 1.50. The van der Waals surface area contributed by atoms with Crippen molar-refractivity contribution in [3.63, 3.8) is 0 Å². The van der Waals surface area contributed by atoms with E-state index in [4.69, 9.17) is 0 Å². The van der Waals surface area contributed by atoms with Crippen molar-refractivity contribution >= 4 is 22.6 Å². The van der Waals surface area contributed by atoms with Crippen LogP contribution in [0, 0.1) is 0 Å². The van der Waals surface area contributed by atoms with E-state index in [9.17, 15) is 14.4 Å². The second-order valence-electron chi connectivity index (χ2n) is 7.76. The molecule has 4 rings (SSSR count). The lowest BCUT2D eigenvalue weighted by Crippen LogP contribution is -2.37.